The summed E-state index contributed by atoms with van der Waals surface area (Å²) in [6.45, 7) is 3.68. The lowest BCUT2D eigenvalue weighted by atomic mass is 10.1. The lowest BCUT2D eigenvalue weighted by Gasteiger charge is -2.19. The zero-order valence-corrected chi connectivity index (χ0v) is 9.71. The summed E-state index contributed by atoms with van der Waals surface area (Å²) in [6.07, 6.45) is 4.09. The van der Waals surface area contributed by atoms with Crippen LogP contribution >= 0.6 is 0 Å². The van der Waals surface area contributed by atoms with Crippen LogP contribution in [0.5, 0.6) is 0 Å². The van der Waals surface area contributed by atoms with E-state index in [2.05, 4.69) is 17.6 Å². The minimum Gasteiger partial charge on any atom is -0.383 e. The molecule has 1 amide bonds. The highest BCUT2D eigenvalue weighted by Gasteiger charge is 2.23. The van der Waals surface area contributed by atoms with Gasteiger partial charge in [-0.3, -0.25) is 4.79 Å². The van der Waals surface area contributed by atoms with Crippen LogP contribution in [0.3, 0.4) is 0 Å². The van der Waals surface area contributed by atoms with E-state index >= 15 is 0 Å². The van der Waals surface area contributed by atoms with E-state index in [0.29, 0.717) is 6.61 Å². The zero-order chi connectivity index (χ0) is 11.1. The highest BCUT2D eigenvalue weighted by atomic mass is 16.5. The quantitative estimate of drug-likeness (QED) is 0.683. The molecule has 0 radical (unpaired) electrons. The topological polar surface area (TPSA) is 50.4 Å². The average molecular weight is 214 g/mol. The molecule has 1 saturated heterocycles. The fraction of sp³-hybridized carbons (Fsp3) is 0.909. The van der Waals surface area contributed by atoms with Gasteiger partial charge >= 0.3 is 0 Å². The van der Waals surface area contributed by atoms with Crippen molar-refractivity contribution in [1.29, 1.82) is 0 Å². The van der Waals surface area contributed by atoms with Gasteiger partial charge < -0.3 is 15.4 Å². The van der Waals surface area contributed by atoms with Crippen molar-refractivity contribution >= 4 is 5.91 Å². The second-order valence-electron chi connectivity index (χ2n) is 4.10. The Kier molecular flexibility index (Phi) is 5.65. The number of hydrogen-bond donors (Lipinski definition) is 2. The Labute approximate surface area is 91.8 Å². The smallest absolute Gasteiger partial charge is 0.237 e. The summed E-state index contributed by atoms with van der Waals surface area (Å²) in [6, 6.07) is 0.177. The molecule has 2 atom stereocenters. The van der Waals surface area contributed by atoms with Gasteiger partial charge in [0.2, 0.25) is 5.91 Å². The van der Waals surface area contributed by atoms with E-state index in [1.54, 1.807) is 7.11 Å². The van der Waals surface area contributed by atoms with Gasteiger partial charge in [-0.2, -0.15) is 0 Å². The molecule has 4 nitrogen and oxygen atoms in total. The van der Waals surface area contributed by atoms with Gasteiger partial charge in [0.1, 0.15) is 0 Å². The van der Waals surface area contributed by atoms with Crippen molar-refractivity contribution in [3.63, 3.8) is 0 Å². The lowest BCUT2D eigenvalue weighted by molar-refractivity contribution is -0.123. The zero-order valence-electron chi connectivity index (χ0n) is 9.71. The molecular formula is C11H22N2O2. The molecule has 0 aromatic heterocycles. The Morgan fingerprint density at radius 1 is 1.67 bits per heavy atom. The molecular weight excluding hydrogens is 192 g/mol. The first-order valence-electron chi connectivity index (χ1n) is 5.80. The van der Waals surface area contributed by atoms with Crippen LogP contribution < -0.4 is 10.6 Å². The Morgan fingerprint density at radius 3 is 3.00 bits per heavy atom. The van der Waals surface area contributed by atoms with Crippen molar-refractivity contribution in [2.75, 3.05) is 20.3 Å². The third-order valence-electron chi connectivity index (χ3n) is 2.73. The molecule has 2 N–H and O–H groups in total. The predicted molar refractivity (Wildman–Crippen MR) is 59.7 cm³/mol. The summed E-state index contributed by atoms with van der Waals surface area (Å²) in [5.74, 6) is 0.128. The number of rotatable bonds is 6. The molecule has 0 aromatic carbocycles. The van der Waals surface area contributed by atoms with E-state index in [1.807, 2.05) is 0 Å². The highest BCUT2D eigenvalue weighted by molar-refractivity contribution is 5.82. The Bertz CT molecular complexity index is 185. The second kappa shape index (κ2) is 6.80. The number of amides is 1. The van der Waals surface area contributed by atoms with Crippen LogP contribution in [0.2, 0.25) is 0 Å². The third kappa shape index (κ3) is 4.18. The van der Waals surface area contributed by atoms with Gasteiger partial charge in [0.15, 0.2) is 0 Å². The Hall–Kier alpha value is -0.610. The number of ether oxygens (including phenoxy) is 1. The molecule has 1 aliphatic rings. The molecule has 1 rings (SSSR count). The molecule has 1 heterocycles. The first-order chi connectivity index (χ1) is 7.27. The minimum atomic E-state index is 0.0150. The van der Waals surface area contributed by atoms with E-state index in [-0.39, 0.29) is 18.0 Å². The number of carbonyl (C=O) groups is 1. The predicted octanol–water partition coefficient (Wildman–Crippen LogP) is 0.670. The summed E-state index contributed by atoms with van der Waals surface area (Å²) < 4.78 is 5.08. The van der Waals surface area contributed by atoms with Crippen LogP contribution in [0.25, 0.3) is 0 Å². The van der Waals surface area contributed by atoms with Gasteiger partial charge in [-0.1, -0.05) is 13.3 Å². The minimum absolute atomic E-state index is 0.0150. The van der Waals surface area contributed by atoms with Crippen molar-refractivity contribution in [3.8, 4) is 0 Å². The number of carbonyl (C=O) groups excluding carboxylic acids is 1. The van der Waals surface area contributed by atoms with Crippen LogP contribution in [0.4, 0.5) is 0 Å². The SMILES string of the molecule is CCCC(COC)NC(=O)[C@H]1CCCN1. The lowest BCUT2D eigenvalue weighted by Crippen LogP contribution is -2.46. The maximum absolute atomic E-state index is 11.8. The Morgan fingerprint density at radius 2 is 2.47 bits per heavy atom. The van der Waals surface area contributed by atoms with Crippen LogP contribution in [0, 0.1) is 0 Å². The van der Waals surface area contributed by atoms with Crippen molar-refractivity contribution in [3.05, 3.63) is 0 Å². The summed E-state index contributed by atoms with van der Waals surface area (Å²) in [5.41, 5.74) is 0. The van der Waals surface area contributed by atoms with Crippen molar-refractivity contribution in [1.82, 2.24) is 10.6 Å². The largest absolute Gasteiger partial charge is 0.383 e. The molecule has 4 heteroatoms. The maximum atomic E-state index is 11.8. The van der Waals surface area contributed by atoms with Crippen molar-refractivity contribution in [2.24, 2.45) is 0 Å². The number of hydrogen-bond acceptors (Lipinski definition) is 3. The van der Waals surface area contributed by atoms with Crippen molar-refractivity contribution < 1.29 is 9.53 Å². The molecule has 0 bridgehead atoms. The van der Waals surface area contributed by atoms with Gasteiger partial charge in [0.25, 0.3) is 0 Å². The Balaban J connectivity index is 2.31. The highest BCUT2D eigenvalue weighted by Crippen LogP contribution is 2.06. The normalized spacial score (nSPS) is 22.7. The molecule has 0 aromatic rings. The molecule has 88 valence electrons. The fourth-order valence-corrected chi connectivity index (χ4v) is 1.96. The number of nitrogens with one attached hydrogen (secondary N) is 2. The van der Waals surface area contributed by atoms with E-state index in [4.69, 9.17) is 4.74 Å². The summed E-state index contributed by atoms with van der Waals surface area (Å²) >= 11 is 0. The molecule has 1 aliphatic heterocycles. The van der Waals surface area contributed by atoms with Gasteiger partial charge in [0, 0.05) is 7.11 Å². The molecule has 15 heavy (non-hydrogen) atoms. The summed E-state index contributed by atoms with van der Waals surface area (Å²) in [4.78, 5) is 11.8. The maximum Gasteiger partial charge on any atom is 0.237 e. The van der Waals surface area contributed by atoms with Gasteiger partial charge in [-0.15, -0.1) is 0 Å². The average Bonchev–Trinajstić information content (AvgIpc) is 2.71. The third-order valence-corrected chi connectivity index (χ3v) is 2.73. The van der Waals surface area contributed by atoms with Gasteiger partial charge in [0.05, 0.1) is 18.7 Å². The van der Waals surface area contributed by atoms with Gasteiger partial charge in [-0.25, -0.2) is 0 Å². The van der Waals surface area contributed by atoms with Crippen LogP contribution in [0.1, 0.15) is 32.6 Å². The molecule has 0 aliphatic carbocycles. The van der Waals surface area contributed by atoms with Gasteiger partial charge in [-0.05, 0) is 25.8 Å². The molecule has 0 spiro atoms. The fourth-order valence-electron chi connectivity index (χ4n) is 1.96. The van der Waals surface area contributed by atoms with Crippen LogP contribution in [-0.2, 0) is 9.53 Å². The van der Waals surface area contributed by atoms with E-state index < -0.39 is 0 Å². The summed E-state index contributed by atoms with van der Waals surface area (Å²) in [7, 11) is 1.67. The molecule has 0 saturated carbocycles. The van der Waals surface area contributed by atoms with E-state index in [9.17, 15) is 4.79 Å². The van der Waals surface area contributed by atoms with Crippen LogP contribution in [-0.4, -0.2) is 38.3 Å². The molecule has 1 fully saturated rings. The standard InChI is InChI=1S/C11H22N2O2/c1-3-5-9(8-15-2)13-11(14)10-6-4-7-12-10/h9-10,12H,3-8H2,1-2H3,(H,13,14)/t9?,10-/m1/s1. The van der Waals surface area contributed by atoms with E-state index in [0.717, 1.165) is 32.2 Å². The van der Waals surface area contributed by atoms with E-state index in [1.165, 1.54) is 0 Å². The first-order valence-corrected chi connectivity index (χ1v) is 5.80. The van der Waals surface area contributed by atoms with Crippen LogP contribution in [0.15, 0.2) is 0 Å². The van der Waals surface area contributed by atoms with Crippen molar-refractivity contribution in [2.45, 2.75) is 44.7 Å². The summed E-state index contributed by atoms with van der Waals surface area (Å²) in [5, 5.41) is 6.23. The second-order valence-corrected chi connectivity index (χ2v) is 4.10. The number of methoxy groups -OCH3 is 1. The monoisotopic (exact) mass is 214 g/mol. The first kappa shape index (κ1) is 12.5. The molecule has 1 unspecified atom stereocenters.